The van der Waals surface area contributed by atoms with Gasteiger partial charge in [-0.05, 0) is 50.0 Å². The van der Waals surface area contributed by atoms with Crippen LogP contribution in [0.3, 0.4) is 0 Å². The van der Waals surface area contributed by atoms with Crippen LogP contribution in [0.4, 0.5) is 0 Å². The van der Waals surface area contributed by atoms with Crippen molar-refractivity contribution in [2.24, 2.45) is 0 Å². The lowest BCUT2D eigenvalue weighted by Crippen LogP contribution is -2.19. The maximum Gasteiger partial charge on any atom is 0.160 e. The van der Waals surface area contributed by atoms with Gasteiger partial charge in [-0.25, -0.2) is 9.97 Å². The van der Waals surface area contributed by atoms with Gasteiger partial charge >= 0.3 is 0 Å². The Balaban J connectivity index is 1.38. The molecular weight excluding hydrogens is 454 g/mol. The quantitative estimate of drug-likeness (QED) is 0.354. The summed E-state index contributed by atoms with van der Waals surface area (Å²) >= 11 is 0. The molecule has 0 atom stereocenters. The third kappa shape index (κ3) is 4.14. The van der Waals surface area contributed by atoms with Crippen molar-refractivity contribution in [3.8, 4) is 39.7 Å². The molecule has 6 heterocycles. The first kappa shape index (κ1) is 21.8. The van der Waals surface area contributed by atoms with Gasteiger partial charge in [0.15, 0.2) is 11.5 Å². The third-order valence-electron chi connectivity index (χ3n) is 5.86. The first-order valence-corrected chi connectivity index (χ1v) is 11.5. The summed E-state index contributed by atoms with van der Waals surface area (Å²) in [6.45, 7) is 1.40. The summed E-state index contributed by atoms with van der Waals surface area (Å²) in [6.07, 6.45) is 10.6. The number of rotatable bonds is 7. The summed E-state index contributed by atoms with van der Waals surface area (Å²) in [6, 6.07) is 9.80. The van der Waals surface area contributed by atoms with E-state index >= 15 is 0 Å². The number of nitrogens with one attached hydrogen (secondary N) is 2. The summed E-state index contributed by atoms with van der Waals surface area (Å²) in [7, 11) is 4.02. The Labute approximate surface area is 206 Å². The van der Waals surface area contributed by atoms with Crippen LogP contribution in [-0.4, -0.2) is 72.2 Å². The number of fused-ring (bicyclic) bond motifs is 2. The van der Waals surface area contributed by atoms with Gasteiger partial charge in [-0.1, -0.05) is 0 Å². The molecular formula is C26H23N9O. The molecule has 0 aliphatic rings. The topological polar surface area (TPSA) is 121 Å². The van der Waals surface area contributed by atoms with E-state index in [0.717, 1.165) is 45.3 Å². The molecule has 0 aliphatic carbocycles. The molecule has 0 radical (unpaired) electrons. The third-order valence-corrected chi connectivity index (χ3v) is 5.86. The zero-order chi connectivity index (χ0) is 24.5. The van der Waals surface area contributed by atoms with Crippen LogP contribution < -0.4 is 4.74 Å². The Bertz CT molecular complexity index is 1660. The van der Waals surface area contributed by atoms with Crippen LogP contribution in [0.25, 0.3) is 56.0 Å². The Morgan fingerprint density at radius 2 is 1.81 bits per heavy atom. The molecule has 0 saturated carbocycles. The molecule has 0 unspecified atom stereocenters. The van der Waals surface area contributed by atoms with Crippen LogP contribution in [-0.2, 0) is 0 Å². The Morgan fingerprint density at radius 1 is 0.917 bits per heavy atom. The van der Waals surface area contributed by atoms with Gasteiger partial charge in [0.25, 0.3) is 0 Å². The van der Waals surface area contributed by atoms with Gasteiger partial charge in [0, 0.05) is 47.8 Å². The number of aromatic nitrogens is 8. The number of hydrogen-bond acceptors (Lipinski definition) is 8. The average Bonchev–Trinajstić information content (AvgIpc) is 3.53. The summed E-state index contributed by atoms with van der Waals surface area (Å²) in [4.78, 5) is 27.8. The Hall–Kier alpha value is -4.70. The minimum atomic E-state index is 0.581. The largest absolute Gasteiger partial charge is 0.491 e. The van der Waals surface area contributed by atoms with E-state index in [4.69, 9.17) is 9.72 Å². The molecule has 10 nitrogen and oxygen atoms in total. The van der Waals surface area contributed by atoms with Crippen molar-refractivity contribution in [2.45, 2.75) is 0 Å². The van der Waals surface area contributed by atoms with Gasteiger partial charge in [-0.3, -0.25) is 20.1 Å². The zero-order valence-corrected chi connectivity index (χ0v) is 19.8. The van der Waals surface area contributed by atoms with Crippen LogP contribution in [0.15, 0.2) is 67.5 Å². The van der Waals surface area contributed by atoms with Crippen LogP contribution >= 0.6 is 0 Å². The molecule has 0 aliphatic heterocycles. The van der Waals surface area contributed by atoms with Gasteiger partial charge in [0.2, 0.25) is 0 Å². The average molecular weight is 478 g/mol. The number of ether oxygens (including phenoxy) is 1. The second-order valence-corrected chi connectivity index (χ2v) is 8.63. The smallest absolute Gasteiger partial charge is 0.160 e. The van der Waals surface area contributed by atoms with Crippen LogP contribution in [0.1, 0.15) is 0 Å². The minimum absolute atomic E-state index is 0.581. The molecule has 0 saturated heterocycles. The van der Waals surface area contributed by atoms with Crippen LogP contribution in [0.2, 0.25) is 0 Å². The van der Waals surface area contributed by atoms with Gasteiger partial charge < -0.3 is 14.6 Å². The predicted octanol–water partition coefficient (Wildman–Crippen LogP) is 3.96. The molecule has 0 bridgehead atoms. The second-order valence-electron chi connectivity index (χ2n) is 8.63. The van der Waals surface area contributed by atoms with Gasteiger partial charge in [0.05, 0.1) is 23.6 Å². The first-order valence-electron chi connectivity index (χ1n) is 11.5. The van der Waals surface area contributed by atoms with E-state index in [0.29, 0.717) is 29.5 Å². The number of hydrogen-bond donors (Lipinski definition) is 2. The highest BCUT2D eigenvalue weighted by Gasteiger charge is 2.17. The second kappa shape index (κ2) is 9.16. The van der Waals surface area contributed by atoms with Crippen molar-refractivity contribution >= 4 is 22.1 Å². The standard InChI is InChI=1S/C26H23N9O/c1-35(2)9-10-36-18-11-17(13-28-14-18)21-12-20-22(15-30-21)33-34-24(20)26-31-23-19(5-8-29-25(23)32-26)16-3-6-27-7-4-16/h3-8,11-15H,9-10H2,1-2H3,(H,33,34)(H,29,31,32). The van der Waals surface area contributed by atoms with Crippen molar-refractivity contribution in [3.05, 3.63) is 67.5 Å². The van der Waals surface area contributed by atoms with E-state index < -0.39 is 0 Å². The number of H-pyrrole nitrogens is 2. The normalized spacial score (nSPS) is 11.5. The molecule has 6 aromatic rings. The number of aromatic amines is 2. The fourth-order valence-electron chi connectivity index (χ4n) is 4.03. The van der Waals surface area contributed by atoms with Gasteiger partial charge in [0.1, 0.15) is 23.6 Å². The van der Waals surface area contributed by atoms with E-state index in [-0.39, 0.29) is 0 Å². The molecule has 6 aromatic heterocycles. The van der Waals surface area contributed by atoms with E-state index in [1.807, 2.05) is 44.4 Å². The lowest BCUT2D eigenvalue weighted by atomic mass is 10.1. The van der Waals surface area contributed by atoms with Crippen molar-refractivity contribution in [1.82, 2.24) is 45.0 Å². The molecule has 10 heteroatoms. The summed E-state index contributed by atoms with van der Waals surface area (Å²) in [5, 5.41) is 8.48. The zero-order valence-electron chi connectivity index (χ0n) is 19.8. The van der Waals surface area contributed by atoms with Crippen molar-refractivity contribution < 1.29 is 4.74 Å². The van der Waals surface area contributed by atoms with E-state index in [2.05, 4.69) is 40.0 Å². The predicted molar refractivity (Wildman–Crippen MR) is 137 cm³/mol. The molecule has 2 N–H and O–H groups in total. The fourth-order valence-corrected chi connectivity index (χ4v) is 4.03. The molecule has 6 rings (SSSR count). The maximum absolute atomic E-state index is 5.85. The molecule has 178 valence electrons. The van der Waals surface area contributed by atoms with E-state index in [9.17, 15) is 0 Å². The number of pyridine rings is 4. The first-order chi connectivity index (χ1) is 17.7. The maximum atomic E-state index is 5.85. The summed E-state index contributed by atoms with van der Waals surface area (Å²) < 4.78 is 5.85. The molecule has 0 aromatic carbocycles. The van der Waals surface area contributed by atoms with Gasteiger partial charge in [-0.2, -0.15) is 5.10 Å². The lowest BCUT2D eigenvalue weighted by Gasteiger charge is -2.11. The van der Waals surface area contributed by atoms with Crippen molar-refractivity contribution in [2.75, 3.05) is 27.2 Å². The fraction of sp³-hybridized carbons (Fsp3) is 0.154. The van der Waals surface area contributed by atoms with Crippen LogP contribution in [0, 0.1) is 0 Å². The number of likely N-dealkylation sites (N-methyl/N-ethyl adjacent to an activating group) is 1. The van der Waals surface area contributed by atoms with Crippen molar-refractivity contribution in [1.29, 1.82) is 0 Å². The van der Waals surface area contributed by atoms with Crippen molar-refractivity contribution in [3.63, 3.8) is 0 Å². The SMILES string of the molecule is CN(C)CCOc1cncc(-c2cc3c(-c4nc5c(-c6ccncc6)ccnc5[nH]4)n[nH]c3cn2)c1. The molecule has 0 fully saturated rings. The molecule has 0 amide bonds. The highest BCUT2D eigenvalue weighted by atomic mass is 16.5. The minimum Gasteiger partial charge on any atom is -0.491 e. The number of imidazole rings is 1. The summed E-state index contributed by atoms with van der Waals surface area (Å²) in [5.74, 6) is 1.33. The highest BCUT2D eigenvalue weighted by molar-refractivity contribution is 5.96. The van der Waals surface area contributed by atoms with Crippen LogP contribution in [0.5, 0.6) is 5.75 Å². The molecule has 0 spiro atoms. The number of nitrogens with zero attached hydrogens (tertiary/aromatic N) is 7. The van der Waals surface area contributed by atoms with E-state index in [1.54, 1.807) is 37.2 Å². The Kier molecular flexibility index (Phi) is 5.55. The monoisotopic (exact) mass is 477 g/mol. The van der Waals surface area contributed by atoms with E-state index in [1.165, 1.54) is 0 Å². The Morgan fingerprint density at radius 3 is 2.67 bits per heavy atom. The highest BCUT2D eigenvalue weighted by Crippen LogP contribution is 2.32. The summed E-state index contributed by atoms with van der Waals surface area (Å²) in [5.41, 5.74) is 6.59. The lowest BCUT2D eigenvalue weighted by molar-refractivity contribution is 0.261. The van der Waals surface area contributed by atoms with Gasteiger partial charge in [-0.15, -0.1) is 0 Å². The molecule has 36 heavy (non-hydrogen) atoms.